The molecule has 0 aromatic rings. The van der Waals surface area contributed by atoms with Crippen LogP contribution in [0.1, 0.15) is 59.8 Å². The molecule has 0 aromatic heterocycles. The average Bonchev–Trinajstić information content (AvgIpc) is 2.81. The van der Waals surface area contributed by atoms with Crippen molar-refractivity contribution in [2.45, 2.75) is 84.0 Å². The molecule has 0 aliphatic carbocycles. The van der Waals surface area contributed by atoms with Crippen molar-refractivity contribution in [1.82, 2.24) is 16.0 Å². The van der Waals surface area contributed by atoms with Gasteiger partial charge < -0.3 is 44.0 Å². The molecule has 206 valence electrons. The van der Waals surface area contributed by atoms with E-state index in [0.717, 1.165) is 0 Å². The molecule has 0 bridgehead atoms. The van der Waals surface area contributed by atoms with Crippen LogP contribution >= 0.6 is 0 Å². The molecule has 0 radical (unpaired) electrons. The van der Waals surface area contributed by atoms with Crippen LogP contribution in [-0.2, 0) is 24.0 Å². The summed E-state index contributed by atoms with van der Waals surface area (Å²) < 4.78 is 0. The van der Waals surface area contributed by atoms with E-state index < -0.39 is 60.2 Å². The summed E-state index contributed by atoms with van der Waals surface area (Å²) in [5.41, 5.74) is 21.8. The molecule has 14 heteroatoms. The van der Waals surface area contributed by atoms with Gasteiger partial charge in [0.05, 0.1) is 12.5 Å². The van der Waals surface area contributed by atoms with E-state index in [2.05, 4.69) is 20.9 Å². The summed E-state index contributed by atoms with van der Waals surface area (Å²) in [6.45, 7) is 7.22. The number of carboxylic acids is 1. The van der Waals surface area contributed by atoms with E-state index in [-0.39, 0.29) is 37.2 Å². The van der Waals surface area contributed by atoms with E-state index in [4.69, 9.17) is 22.9 Å². The quantitative estimate of drug-likeness (QED) is 0.0598. The van der Waals surface area contributed by atoms with Crippen LogP contribution in [0.15, 0.2) is 4.99 Å². The minimum Gasteiger partial charge on any atom is -0.480 e. The molecular formula is C22H42N8O6. The first-order valence-electron chi connectivity index (χ1n) is 12.0. The predicted octanol–water partition coefficient (Wildman–Crippen LogP) is -2.13. The van der Waals surface area contributed by atoms with Gasteiger partial charge in [-0.05, 0) is 24.7 Å². The van der Waals surface area contributed by atoms with E-state index >= 15 is 0 Å². The Labute approximate surface area is 211 Å². The molecule has 0 heterocycles. The minimum absolute atomic E-state index is 0.0464. The maximum atomic E-state index is 13.0. The average molecular weight is 515 g/mol. The van der Waals surface area contributed by atoms with Crippen LogP contribution in [0.25, 0.3) is 0 Å². The highest BCUT2D eigenvalue weighted by molar-refractivity contribution is 5.96. The standard InChI is InChI=1S/C22H42N8O6/c1-5-11(3)16(24)20(34)29-14(10-15(23)31)19(33)28-13(8-7-9-27-22(25)26)18(32)30-17(21(35)36)12(4)6-2/h11-14,16-17H,5-10,24H2,1-4H3,(H2,23,31)(H,28,33)(H,29,34)(H,30,32)(H,35,36)(H4,25,26,27). The Kier molecular flexibility index (Phi) is 14.7. The second-order valence-electron chi connectivity index (χ2n) is 8.86. The van der Waals surface area contributed by atoms with Crippen molar-refractivity contribution in [3.8, 4) is 0 Å². The lowest BCUT2D eigenvalue weighted by Gasteiger charge is -2.26. The van der Waals surface area contributed by atoms with E-state index in [9.17, 15) is 29.1 Å². The Balaban J connectivity index is 5.74. The zero-order chi connectivity index (χ0) is 28.0. The van der Waals surface area contributed by atoms with Gasteiger partial charge in [0.25, 0.3) is 0 Å². The Bertz CT molecular complexity index is 801. The minimum atomic E-state index is -1.39. The highest BCUT2D eigenvalue weighted by Gasteiger charge is 2.32. The Morgan fingerprint density at radius 2 is 1.36 bits per heavy atom. The molecular weight excluding hydrogens is 472 g/mol. The molecule has 0 saturated carbocycles. The van der Waals surface area contributed by atoms with E-state index in [1.807, 2.05) is 6.92 Å². The van der Waals surface area contributed by atoms with Gasteiger partial charge in [0.2, 0.25) is 23.6 Å². The van der Waals surface area contributed by atoms with Crippen molar-refractivity contribution >= 4 is 35.6 Å². The molecule has 0 aliphatic rings. The SMILES string of the molecule is CCC(C)C(N)C(=O)NC(CC(N)=O)C(=O)NC(CCCN=C(N)N)C(=O)NC(C(=O)O)C(C)CC. The lowest BCUT2D eigenvalue weighted by Crippen LogP contribution is -2.58. The molecule has 12 N–H and O–H groups in total. The molecule has 0 rings (SSSR count). The van der Waals surface area contributed by atoms with Crippen molar-refractivity contribution in [1.29, 1.82) is 0 Å². The van der Waals surface area contributed by atoms with Crippen LogP contribution < -0.4 is 38.9 Å². The second kappa shape index (κ2) is 16.3. The summed E-state index contributed by atoms with van der Waals surface area (Å²) in [6.07, 6.45) is 0.883. The molecule has 0 aliphatic heterocycles. The lowest BCUT2D eigenvalue weighted by atomic mass is 9.98. The molecule has 0 aromatic carbocycles. The van der Waals surface area contributed by atoms with Gasteiger partial charge >= 0.3 is 5.97 Å². The van der Waals surface area contributed by atoms with Crippen LogP contribution in [0.3, 0.4) is 0 Å². The number of aliphatic carboxylic acids is 1. The number of nitrogens with two attached hydrogens (primary N) is 4. The van der Waals surface area contributed by atoms with Crippen LogP contribution in [0.4, 0.5) is 0 Å². The van der Waals surface area contributed by atoms with Gasteiger partial charge in [0.1, 0.15) is 18.1 Å². The van der Waals surface area contributed by atoms with Crippen LogP contribution in [-0.4, -0.2) is 71.4 Å². The van der Waals surface area contributed by atoms with Gasteiger partial charge in [-0.2, -0.15) is 0 Å². The third kappa shape index (κ3) is 11.8. The Morgan fingerprint density at radius 3 is 1.83 bits per heavy atom. The summed E-state index contributed by atoms with van der Waals surface area (Å²) in [4.78, 5) is 65.5. The monoisotopic (exact) mass is 514 g/mol. The first-order chi connectivity index (χ1) is 16.7. The number of hydrogen-bond donors (Lipinski definition) is 8. The third-order valence-electron chi connectivity index (χ3n) is 5.95. The van der Waals surface area contributed by atoms with E-state index in [1.165, 1.54) is 0 Å². The predicted molar refractivity (Wildman–Crippen MR) is 134 cm³/mol. The zero-order valence-corrected chi connectivity index (χ0v) is 21.5. The number of aliphatic imine (C=N–C) groups is 1. The largest absolute Gasteiger partial charge is 0.480 e. The number of hydrogen-bond acceptors (Lipinski definition) is 7. The molecule has 0 fully saturated rings. The number of nitrogens with one attached hydrogen (secondary N) is 3. The fourth-order valence-corrected chi connectivity index (χ4v) is 3.17. The summed E-state index contributed by atoms with van der Waals surface area (Å²) in [5.74, 6) is -5.05. The highest BCUT2D eigenvalue weighted by Crippen LogP contribution is 2.10. The molecule has 0 spiro atoms. The first kappa shape index (κ1) is 32.6. The number of carboxylic acid groups (broad SMARTS) is 1. The second-order valence-corrected chi connectivity index (χ2v) is 8.86. The third-order valence-corrected chi connectivity index (χ3v) is 5.95. The summed E-state index contributed by atoms with van der Waals surface area (Å²) in [7, 11) is 0. The maximum Gasteiger partial charge on any atom is 0.326 e. The summed E-state index contributed by atoms with van der Waals surface area (Å²) in [5, 5.41) is 16.9. The number of amides is 4. The van der Waals surface area contributed by atoms with E-state index in [0.29, 0.717) is 12.8 Å². The normalized spacial score (nSPS) is 15.8. The molecule has 4 amide bonds. The molecule has 0 saturated heterocycles. The van der Waals surface area contributed by atoms with Crippen LogP contribution in [0.2, 0.25) is 0 Å². The Morgan fingerprint density at radius 1 is 0.833 bits per heavy atom. The van der Waals surface area contributed by atoms with Crippen molar-refractivity contribution in [2.75, 3.05) is 6.54 Å². The fourth-order valence-electron chi connectivity index (χ4n) is 3.17. The smallest absolute Gasteiger partial charge is 0.326 e. The van der Waals surface area contributed by atoms with Crippen molar-refractivity contribution < 1.29 is 29.1 Å². The van der Waals surface area contributed by atoms with Gasteiger partial charge in [0.15, 0.2) is 5.96 Å². The van der Waals surface area contributed by atoms with Crippen LogP contribution in [0.5, 0.6) is 0 Å². The summed E-state index contributed by atoms with van der Waals surface area (Å²) >= 11 is 0. The van der Waals surface area contributed by atoms with E-state index in [1.54, 1.807) is 20.8 Å². The number of primary amides is 1. The molecule has 14 nitrogen and oxygen atoms in total. The van der Waals surface area contributed by atoms with Gasteiger partial charge in [-0.25, -0.2) is 4.79 Å². The van der Waals surface area contributed by atoms with Crippen molar-refractivity contribution in [3.63, 3.8) is 0 Å². The topological polar surface area (TPSA) is 258 Å². The number of nitrogens with zero attached hydrogens (tertiary/aromatic N) is 1. The first-order valence-corrected chi connectivity index (χ1v) is 12.0. The highest BCUT2D eigenvalue weighted by atomic mass is 16.4. The number of carbonyl (C=O) groups is 5. The lowest BCUT2D eigenvalue weighted by molar-refractivity contribution is -0.144. The summed E-state index contributed by atoms with van der Waals surface area (Å²) in [6, 6.07) is -4.70. The number of carbonyl (C=O) groups excluding carboxylic acids is 4. The van der Waals surface area contributed by atoms with Crippen molar-refractivity contribution in [3.05, 3.63) is 0 Å². The van der Waals surface area contributed by atoms with Gasteiger partial charge in [0, 0.05) is 6.54 Å². The molecule has 36 heavy (non-hydrogen) atoms. The van der Waals surface area contributed by atoms with Gasteiger partial charge in [-0.15, -0.1) is 0 Å². The molecule has 6 unspecified atom stereocenters. The maximum absolute atomic E-state index is 13.0. The molecule has 6 atom stereocenters. The fraction of sp³-hybridized carbons (Fsp3) is 0.727. The van der Waals surface area contributed by atoms with Crippen LogP contribution in [0, 0.1) is 11.8 Å². The zero-order valence-electron chi connectivity index (χ0n) is 21.5. The number of rotatable bonds is 17. The number of guanidine groups is 1. The van der Waals surface area contributed by atoms with Gasteiger partial charge in [-0.1, -0.05) is 40.5 Å². The Hall–Kier alpha value is -3.42. The van der Waals surface area contributed by atoms with Gasteiger partial charge in [-0.3, -0.25) is 24.2 Å². The van der Waals surface area contributed by atoms with Crippen molar-refractivity contribution in [2.24, 2.45) is 39.8 Å².